The first-order valence-corrected chi connectivity index (χ1v) is 7.07. The molecule has 1 aromatic heterocycles. The predicted octanol–water partition coefficient (Wildman–Crippen LogP) is 2.30. The summed E-state index contributed by atoms with van der Waals surface area (Å²) in [5, 5.41) is 3.80. The van der Waals surface area contributed by atoms with Gasteiger partial charge in [-0.1, -0.05) is 11.6 Å². The number of likely N-dealkylation sites (N-methyl/N-ethyl adjacent to an activating group) is 1. The molecule has 0 aromatic carbocycles. The van der Waals surface area contributed by atoms with Gasteiger partial charge in [-0.3, -0.25) is 9.80 Å². The number of nitrogens with zero attached hydrogens (tertiary/aromatic N) is 3. The van der Waals surface area contributed by atoms with E-state index >= 15 is 0 Å². The Hall–Kier alpha value is -0.840. The predicted molar refractivity (Wildman–Crippen MR) is 80.8 cm³/mol. The molecule has 1 fully saturated rings. The van der Waals surface area contributed by atoms with E-state index in [1.54, 1.807) is 0 Å². The van der Waals surface area contributed by atoms with E-state index in [9.17, 15) is 0 Å². The maximum Gasteiger partial charge on any atom is 0.126 e. The Kier molecular flexibility index (Phi) is 4.33. The number of hydrogen-bond donors (Lipinski definition) is 1. The maximum atomic E-state index is 6.24. The number of halogens is 1. The molecular weight excluding hydrogens is 260 g/mol. The summed E-state index contributed by atoms with van der Waals surface area (Å²) in [6.45, 7) is 8.53. The highest BCUT2D eigenvalue weighted by Crippen LogP contribution is 2.23. The topological polar surface area (TPSA) is 31.4 Å². The first-order valence-electron chi connectivity index (χ1n) is 6.69. The van der Waals surface area contributed by atoms with E-state index < -0.39 is 0 Å². The third kappa shape index (κ3) is 3.38. The van der Waals surface area contributed by atoms with Gasteiger partial charge in [0, 0.05) is 38.8 Å². The fourth-order valence-electron chi connectivity index (χ4n) is 2.42. The molecule has 0 amide bonds. The van der Waals surface area contributed by atoms with Crippen LogP contribution in [-0.4, -0.2) is 54.1 Å². The number of nitrogens with one attached hydrogen (secondary N) is 1. The van der Waals surface area contributed by atoms with Crippen molar-refractivity contribution in [2.45, 2.75) is 25.9 Å². The highest BCUT2D eigenvalue weighted by Gasteiger charge is 2.31. The van der Waals surface area contributed by atoms with Crippen LogP contribution in [0.25, 0.3) is 0 Å². The summed E-state index contributed by atoms with van der Waals surface area (Å²) in [5.74, 6) is 0.868. The standard InChI is InChI=1S/C14H23ClN4/c1-14(2)10-19(8-7-18(14)4)9-12-11(15)5-6-13(16-3)17-12/h5-6H,7-10H2,1-4H3,(H,16,17). The van der Waals surface area contributed by atoms with E-state index in [0.717, 1.165) is 42.7 Å². The molecule has 4 nitrogen and oxygen atoms in total. The maximum absolute atomic E-state index is 6.24. The number of pyridine rings is 1. The fourth-order valence-corrected chi connectivity index (χ4v) is 2.59. The Morgan fingerprint density at radius 3 is 2.74 bits per heavy atom. The molecule has 0 spiro atoms. The smallest absolute Gasteiger partial charge is 0.126 e. The number of anilines is 1. The molecule has 0 bridgehead atoms. The molecule has 2 heterocycles. The van der Waals surface area contributed by atoms with E-state index in [2.05, 4.69) is 41.0 Å². The monoisotopic (exact) mass is 282 g/mol. The van der Waals surface area contributed by atoms with Gasteiger partial charge in [0.05, 0.1) is 10.7 Å². The Morgan fingerprint density at radius 2 is 2.11 bits per heavy atom. The molecule has 5 heteroatoms. The lowest BCUT2D eigenvalue weighted by Crippen LogP contribution is -2.57. The molecule has 19 heavy (non-hydrogen) atoms. The number of rotatable bonds is 3. The highest BCUT2D eigenvalue weighted by molar-refractivity contribution is 6.31. The molecule has 0 aliphatic carbocycles. The van der Waals surface area contributed by atoms with Crippen LogP contribution in [0.2, 0.25) is 5.02 Å². The molecule has 1 aliphatic rings. The molecule has 1 saturated heterocycles. The molecule has 2 rings (SSSR count). The molecule has 0 radical (unpaired) electrons. The summed E-state index contributed by atoms with van der Waals surface area (Å²) in [7, 11) is 4.06. The molecule has 1 N–H and O–H groups in total. The van der Waals surface area contributed by atoms with Gasteiger partial charge in [-0.25, -0.2) is 4.98 Å². The van der Waals surface area contributed by atoms with Gasteiger partial charge in [0.2, 0.25) is 0 Å². The molecule has 0 atom stereocenters. The molecule has 1 aliphatic heterocycles. The van der Waals surface area contributed by atoms with Gasteiger partial charge < -0.3 is 5.32 Å². The SMILES string of the molecule is CNc1ccc(Cl)c(CN2CCN(C)C(C)(C)C2)n1. The minimum absolute atomic E-state index is 0.200. The molecule has 1 aromatic rings. The van der Waals surface area contributed by atoms with Crippen LogP contribution in [0, 0.1) is 0 Å². The summed E-state index contributed by atoms with van der Waals surface area (Å²) in [5.41, 5.74) is 1.15. The average molecular weight is 283 g/mol. The molecule has 0 unspecified atom stereocenters. The van der Waals surface area contributed by atoms with Gasteiger partial charge in [0.1, 0.15) is 5.82 Å². The first kappa shape index (κ1) is 14.6. The largest absolute Gasteiger partial charge is 0.373 e. The first-order chi connectivity index (χ1) is 8.92. The lowest BCUT2D eigenvalue weighted by atomic mass is 9.99. The zero-order valence-corrected chi connectivity index (χ0v) is 13.0. The Bertz CT molecular complexity index is 447. The molecule has 106 valence electrons. The van der Waals surface area contributed by atoms with E-state index in [1.807, 2.05) is 19.2 Å². The zero-order chi connectivity index (χ0) is 14.0. The van der Waals surface area contributed by atoms with Crippen molar-refractivity contribution in [2.24, 2.45) is 0 Å². The van der Waals surface area contributed by atoms with Crippen molar-refractivity contribution in [2.75, 3.05) is 39.0 Å². The third-order valence-electron chi connectivity index (χ3n) is 3.94. The van der Waals surface area contributed by atoms with Gasteiger partial charge >= 0.3 is 0 Å². The summed E-state index contributed by atoms with van der Waals surface area (Å²) in [6.07, 6.45) is 0. The van der Waals surface area contributed by atoms with Crippen LogP contribution < -0.4 is 5.32 Å². The number of aromatic nitrogens is 1. The second-order valence-corrected chi connectivity index (χ2v) is 6.23. The quantitative estimate of drug-likeness (QED) is 0.922. The van der Waals surface area contributed by atoms with Crippen LogP contribution in [0.3, 0.4) is 0 Å². The Labute approximate surface area is 120 Å². The van der Waals surface area contributed by atoms with Crippen LogP contribution in [0.1, 0.15) is 19.5 Å². The van der Waals surface area contributed by atoms with Gasteiger partial charge in [0.25, 0.3) is 0 Å². The fraction of sp³-hybridized carbons (Fsp3) is 0.643. The zero-order valence-electron chi connectivity index (χ0n) is 12.2. The van der Waals surface area contributed by atoms with E-state index in [4.69, 9.17) is 11.6 Å². The molecule has 0 saturated carbocycles. The van der Waals surface area contributed by atoms with Crippen molar-refractivity contribution in [3.63, 3.8) is 0 Å². The normalized spacial score (nSPS) is 20.5. The lowest BCUT2D eigenvalue weighted by Gasteiger charge is -2.45. The summed E-state index contributed by atoms with van der Waals surface area (Å²) < 4.78 is 0. The van der Waals surface area contributed by atoms with Crippen molar-refractivity contribution in [3.8, 4) is 0 Å². The van der Waals surface area contributed by atoms with Crippen molar-refractivity contribution in [3.05, 3.63) is 22.8 Å². The van der Waals surface area contributed by atoms with Crippen molar-refractivity contribution < 1.29 is 0 Å². The summed E-state index contributed by atoms with van der Waals surface area (Å²) in [6, 6.07) is 3.82. The minimum Gasteiger partial charge on any atom is -0.373 e. The Balaban J connectivity index is 2.09. The van der Waals surface area contributed by atoms with E-state index in [1.165, 1.54) is 0 Å². The third-order valence-corrected chi connectivity index (χ3v) is 4.29. The number of hydrogen-bond acceptors (Lipinski definition) is 4. The lowest BCUT2D eigenvalue weighted by molar-refractivity contribution is 0.0354. The van der Waals surface area contributed by atoms with E-state index in [0.29, 0.717) is 0 Å². The van der Waals surface area contributed by atoms with Gasteiger partial charge in [-0.05, 0) is 33.0 Å². The van der Waals surface area contributed by atoms with Crippen LogP contribution >= 0.6 is 11.6 Å². The van der Waals surface area contributed by atoms with Crippen molar-refractivity contribution >= 4 is 17.4 Å². The van der Waals surface area contributed by atoms with Crippen LogP contribution in [0.5, 0.6) is 0 Å². The van der Waals surface area contributed by atoms with Gasteiger partial charge in [-0.15, -0.1) is 0 Å². The highest BCUT2D eigenvalue weighted by atomic mass is 35.5. The van der Waals surface area contributed by atoms with Crippen LogP contribution in [0.15, 0.2) is 12.1 Å². The van der Waals surface area contributed by atoms with Crippen LogP contribution in [-0.2, 0) is 6.54 Å². The average Bonchev–Trinajstić information content (AvgIpc) is 2.36. The summed E-state index contributed by atoms with van der Waals surface area (Å²) in [4.78, 5) is 9.38. The van der Waals surface area contributed by atoms with Crippen molar-refractivity contribution in [1.82, 2.24) is 14.8 Å². The number of piperazine rings is 1. The van der Waals surface area contributed by atoms with E-state index in [-0.39, 0.29) is 5.54 Å². The molecular formula is C14H23ClN4. The second kappa shape index (κ2) is 5.65. The summed E-state index contributed by atoms with van der Waals surface area (Å²) >= 11 is 6.24. The van der Waals surface area contributed by atoms with Crippen molar-refractivity contribution in [1.29, 1.82) is 0 Å². The Morgan fingerprint density at radius 1 is 1.37 bits per heavy atom. The van der Waals surface area contributed by atoms with Crippen LogP contribution in [0.4, 0.5) is 5.82 Å². The second-order valence-electron chi connectivity index (χ2n) is 5.82. The van der Waals surface area contributed by atoms with Gasteiger partial charge in [0.15, 0.2) is 0 Å². The van der Waals surface area contributed by atoms with Gasteiger partial charge in [-0.2, -0.15) is 0 Å². The minimum atomic E-state index is 0.200.